The fourth-order valence-corrected chi connectivity index (χ4v) is 3.71. The van der Waals surface area contributed by atoms with Crippen LogP contribution in [-0.2, 0) is 4.79 Å². The van der Waals surface area contributed by atoms with E-state index < -0.39 is 6.04 Å². The average Bonchev–Trinajstić information content (AvgIpc) is 2.77. The number of carbonyl (C=O) groups is 3. The maximum atomic E-state index is 12.9. The first-order valence-electron chi connectivity index (χ1n) is 10.3. The monoisotopic (exact) mass is 412 g/mol. The van der Waals surface area contributed by atoms with Crippen molar-refractivity contribution in [1.29, 1.82) is 0 Å². The van der Waals surface area contributed by atoms with Gasteiger partial charge in [0.15, 0.2) is 11.6 Å². The molecule has 3 aromatic carbocycles. The third-order valence-corrected chi connectivity index (χ3v) is 5.55. The maximum Gasteiger partial charge on any atom is 0.246 e. The molecule has 0 saturated heterocycles. The highest BCUT2D eigenvalue weighted by molar-refractivity contribution is 6.28. The average molecular weight is 412 g/mol. The lowest BCUT2D eigenvalue weighted by Crippen LogP contribution is -2.32. The normalized spacial score (nSPS) is 13.4. The summed E-state index contributed by atoms with van der Waals surface area (Å²) >= 11 is 0. The van der Waals surface area contributed by atoms with Gasteiger partial charge in [-0.3, -0.25) is 14.4 Å². The Morgan fingerprint density at radius 1 is 0.710 bits per heavy atom. The Kier molecular flexibility index (Phi) is 5.42. The van der Waals surface area contributed by atoms with Gasteiger partial charge < -0.3 is 10.6 Å². The Balaban J connectivity index is 1.49. The summed E-state index contributed by atoms with van der Waals surface area (Å²) in [5.74, 6) is -0.177. The molecular formula is C26H24N2O3. The van der Waals surface area contributed by atoms with Crippen LogP contribution in [0, 0.1) is 0 Å². The molecule has 5 nitrogen and oxygen atoms in total. The topological polar surface area (TPSA) is 75.3 Å². The van der Waals surface area contributed by atoms with Gasteiger partial charge >= 0.3 is 0 Å². The Labute approximate surface area is 181 Å². The van der Waals surface area contributed by atoms with Crippen molar-refractivity contribution >= 4 is 28.8 Å². The number of hydrogen-bond acceptors (Lipinski definition) is 4. The molecule has 5 heteroatoms. The van der Waals surface area contributed by atoms with Crippen LogP contribution in [0.25, 0.3) is 0 Å². The standard InChI is InChI=1S/C26H24N2O3/c1-15(2)17-8-10-18(11-9-17)27-16(3)26(31)28-19-12-13-22-23(14-19)25(30)21-7-5-4-6-20(21)24(22)29/h4-16,27H,1-3H3,(H,28,31). The minimum Gasteiger partial charge on any atom is -0.374 e. The van der Waals surface area contributed by atoms with Gasteiger partial charge in [0.05, 0.1) is 0 Å². The van der Waals surface area contributed by atoms with Crippen molar-refractivity contribution in [3.8, 4) is 0 Å². The summed E-state index contributed by atoms with van der Waals surface area (Å²) < 4.78 is 0. The SMILES string of the molecule is CC(Nc1ccc(C(C)C)cc1)C(=O)Nc1ccc2c(c1)C(=O)c1ccccc1C2=O. The first-order valence-corrected chi connectivity index (χ1v) is 10.3. The van der Waals surface area contributed by atoms with E-state index in [0.717, 1.165) is 5.69 Å². The predicted molar refractivity (Wildman–Crippen MR) is 122 cm³/mol. The molecule has 2 N–H and O–H groups in total. The highest BCUT2D eigenvalue weighted by Gasteiger charge is 2.29. The fourth-order valence-electron chi connectivity index (χ4n) is 3.71. The zero-order valence-electron chi connectivity index (χ0n) is 17.7. The van der Waals surface area contributed by atoms with Crippen LogP contribution in [0.15, 0.2) is 66.7 Å². The molecule has 0 aliphatic heterocycles. The van der Waals surface area contributed by atoms with Gasteiger partial charge in [0, 0.05) is 33.6 Å². The van der Waals surface area contributed by atoms with Crippen LogP contribution in [0.3, 0.4) is 0 Å². The zero-order chi connectivity index (χ0) is 22.1. The quantitative estimate of drug-likeness (QED) is 0.482. The number of rotatable bonds is 5. The number of amides is 1. The van der Waals surface area contributed by atoms with Gasteiger partial charge in [-0.2, -0.15) is 0 Å². The molecule has 1 amide bonds. The van der Waals surface area contributed by atoms with Crippen molar-refractivity contribution in [3.05, 3.63) is 94.5 Å². The van der Waals surface area contributed by atoms with Gasteiger partial charge in [-0.25, -0.2) is 0 Å². The number of carbonyl (C=O) groups excluding carboxylic acids is 3. The largest absolute Gasteiger partial charge is 0.374 e. The van der Waals surface area contributed by atoms with Crippen molar-refractivity contribution in [2.45, 2.75) is 32.7 Å². The van der Waals surface area contributed by atoms with E-state index in [0.29, 0.717) is 33.9 Å². The van der Waals surface area contributed by atoms with Crippen LogP contribution >= 0.6 is 0 Å². The number of benzene rings is 3. The van der Waals surface area contributed by atoms with E-state index >= 15 is 0 Å². The third-order valence-electron chi connectivity index (χ3n) is 5.55. The Bertz CT molecular complexity index is 1180. The van der Waals surface area contributed by atoms with Gasteiger partial charge in [0.2, 0.25) is 5.91 Å². The second-order valence-electron chi connectivity index (χ2n) is 8.10. The summed E-state index contributed by atoms with van der Waals surface area (Å²) in [7, 11) is 0. The first-order chi connectivity index (χ1) is 14.8. The van der Waals surface area contributed by atoms with Crippen LogP contribution in [0.1, 0.15) is 64.1 Å². The molecule has 1 aliphatic carbocycles. The molecule has 3 aromatic rings. The van der Waals surface area contributed by atoms with Crippen molar-refractivity contribution in [2.75, 3.05) is 10.6 Å². The molecule has 0 bridgehead atoms. The Hall–Kier alpha value is -3.73. The molecule has 0 aromatic heterocycles. The van der Waals surface area contributed by atoms with Gasteiger partial charge in [0.25, 0.3) is 0 Å². The van der Waals surface area contributed by atoms with E-state index in [1.807, 2.05) is 24.3 Å². The van der Waals surface area contributed by atoms with Gasteiger partial charge in [0.1, 0.15) is 6.04 Å². The zero-order valence-corrected chi connectivity index (χ0v) is 17.7. The number of anilines is 2. The van der Waals surface area contributed by atoms with E-state index in [1.54, 1.807) is 49.4 Å². The molecule has 0 heterocycles. The first kappa shape index (κ1) is 20.5. The van der Waals surface area contributed by atoms with E-state index in [9.17, 15) is 14.4 Å². The molecule has 31 heavy (non-hydrogen) atoms. The molecule has 4 rings (SSSR count). The number of ketones is 2. The summed E-state index contributed by atoms with van der Waals surface area (Å²) in [4.78, 5) is 38.3. The fraction of sp³-hybridized carbons (Fsp3) is 0.192. The van der Waals surface area contributed by atoms with E-state index in [-0.39, 0.29) is 17.5 Å². The van der Waals surface area contributed by atoms with Crippen molar-refractivity contribution in [1.82, 2.24) is 0 Å². The minimum atomic E-state index is -0.487. The van der Waals surface area contributed by atoms with Crippen LogP contribution in [0.2, 0.25) is 0 Å². The molecule has 0 radical (unpaired) electrons. The summed E-state index contributed by atoms with van der Waals surface area (Å²) in [5, 5.41) is 6.02. The lowest BCUT2D eigenvalue weighted by Gasteiger charge is -2.19. The Morgan fingerprint density at radius 3 is 1.87 bits per heavy atom. The predicted octanol–water partition coefficient (Wildman–Crippen LogP) is 5.02. The highest BCUT2D eigenvalue weighted by atomic mass is 16.2. The lowest BCUT2D eigenvalue weighted by molar-refractivity contribution is -0.116. The van der Waals surface area contributed by atoms with Crippen LogP contribution in [0.4, 0.5) is 11.4 Å². The summed E-state index contributed by atoms with van der Waals surface area (Å²) in [6.07, 6.45) is 0. The highest BCUT2D eigenvalue weighted by Crippen LogP contribution is 2.29. The molecule has 0 fully saturated rings. The minimum absolute atomic E-state index is 0.178. The van der Waals surface area contributed by atoms with Crippen LogP contribution < -0.4 is 10.6 Å². The lowest BCUT2D eigenvalue weighted by atomic mass is 9.84. The van der Waals surface area contributed by atoms with Crippen LogP contribution in [0.5, 0.6) is 0 Å². The maximum absolute atomic E-state index is 12.9. The van der Waals surface area contributed by atoms with Crippen molar-refractivity contribution < 1.29 is 14.4 Å². The number of hydrogen-bond donors (Lipinski definition) is 2. The van der Waals surface area contributed by atoms with Crippen LogP contribution in [-0.4, -0.2) is 23.5 Å². The summed E-state index contributed by atoms with van der Waals surface area (Å²) in [5.41, 5.74) is 4.05. The van der Waals surface area contributed by atoms with E-state index in [1.165, 1.54) is 5.56 Å². The Morgan fingerprint density at radius 2 is 1.26 bits per heavy atom. The van der Waals surface area contributed by atoms with E-state index in [4.69, 9.17) is 0 Å². The molecule has 0 spiro atoms. The molecular weight excluding hydrogens is 388 g/mol. The smallest absolute Gasteiger partial charge is 0.246 e. The third kappa shape index (κ3) is 3.99. The molecule has 1 aliphatic rings. The van der Waals surface area contributed by atoms with Gasteiger partial charge in [-0.05, 0) is 48.7 Å². The summed E-state index contributed by atoms with van der Waals surface area (Å²) in [6, 6.07) is 19.1. The molecule has 1 unspecified atom stereocenters. The van der Waals surface area contributed by atoms with Gasteiger partial charge in [-0.1, -0.05) is 50.2 Å². The van der Waals surface area contributed by atoms with E-state index in [2.05, 4.69) is 24.5 Å². The number of nitrogens with one attached hydrogen (secondary N) is 2. The molecule has 0 saturated carbocycles. The molecule has 156 valence electrons. The van der Waals surface area contributed by atoms with Crippen molar-refractivity contribution in [2.24, 2.45) is 0 Å². The van der Waals surface area contributed by atoms with Crippen molar-refractivity contribution in [3.63, 3.8) is 0 Å². The van der Waals surface area contributed by atoms with Gasteiger partial charge in [-0.15, -0.1) is 0 Å². The second kappa shape index (κ2) is 8.19. The second-order valence-corrected chi connectivity index (χ2v) is 8.10. The summed E-state index contributed by atoms with van der Waals surface area (Å²) in [6.45, 7) is 6.04. The number of fused-ring (bicyclic) bond motifs is 2. The molecule has 1 atom stereocenters.